The second-order valence-electron chi connectivity index (χ2n) is 6.05. The number of hydrogen-bond acceptors (Lipinski definition) is 4. The van der Waals surface area contributed by atoms with Gasteiger partial charge >= 0.3 is 0 Å². The lowest BCUT2D eigenvalue weighted by molar-refractivity contribution is -0.124. The summed E-state index contributed by atoms with van der Waals surface area (Å²) in [6, 6.07) is 13.6. The fraction of sp³-hybridized carbons (Fsp3) is 0.238. The van der Waals surface area contributed by atoms with Crippen molar-refractivity contribution in [3.63, 3.8) is 0 Å². The normalized spacial score (nSPS) is 10.9. The second-order valence-corrected chi connectivity index (χ2v) is 8.15. The molecule has 0 unspecified atom stereocenters. The predicted molar refractivity (Wildman–Crippen MR) is 121 cm³/mol. The Morgan fingerprint density at radius 2 is 1.93 bits per heavy atom. The van der Waals surface area contributed by atoms with Crippen LogP contribution in [-0.4, -0.2) is 31.5 Å². The van der Waals surface area contributed by atoms with Crippen LogP contribution in [0.1, 0.15) is 18.1 Å². The fourth-order valence-electron chi connectivity index (χ4n) is 2.36. The molecule has 0 radical (unpaired) electrons. The fourth-order valence-corrected chi connectivity index (χ4v) is 3.29. The summed E-state index contributed by atoms with van der Waals surface area (Å²) in [5.74, 6) is 0.772. The largest absolute Gasteiger partial charge is 0.490 e. The summed E-state index contributed by atoms with van der Waals surface area (Å²) in [6.07, 6.45) is 1.54. The van der Waals surface area contributed by atoms with Gasteiger partial charge in [-0.3, -0.25) is 4.79 Å². The Labute approximate surface area is 187 Å². The maximum absolute atomic E-state index is 12.1. The molecular formula is C21H20BrIN2O3. The number of halogens is 2. The summed E-state index contributed by atoms with van der Waals surface area (Å²) in [5, 5.41) is 9.30. The molecule has 0 spiro atoms. The van der Waals surface area contributed by atoms with E-state index in [1.807, 2.05) is 37.3 Å². The van der Waals surface area contributed by atoms with E-state index in [9.17, 15) is 10.1 Å². The van der Waals surface area contributed by atoms with Gasteiger partial charge in [-0.15, -0.1) is 0 Å². The van der Waals surface area contributed by atoms with Gasteiger partial charge in [-0.05, 0) is 86.9 Å². The average Bonchev–Trinajstić information content (AvgIpc) is 2.66. The Kier molecular flexibility index (Phi) is 8.33. The van der Waals surface area contributed by atoms with Crippen molar-refractivity contribution in [1.82, 2.24) is 4.90 Å². The van der Waals surface area contributed by atoms with Crippen LogP contribution in [0.5, 0.6) is 11.5 Å². The summed E-state index contributed by atoms with van der Waals surface area (Å²) >= 11 is 5.78. The number of ether oxygens (including phenoxy) is 2. The predicted octanol–water partition coefficient (Wildman–Crippen LogP) is 5.03. The highest BCUT2D eigenvalue weighted by molar-refractivity contribution is 14.1. The number of carbonyl (C=O) groups excluding carboxylic acids is 1. The van der Waals surface area contributed by atoms with Crippen molar-refractivity contribution >= 4 is 50.5 Å². The third kappa shape index (κ3) is 5.97. The van der Waals surface area contributed by atoms with Crippen LogP contribution in [0.3, 0.4) is 0 Å². The molecule has 0 aliphatic carbocycles. The van der Waals surface area contributed by atoms with Crippen LogP contribution in [0, 0.1) is 14.9 Å². The Bertz CT molecular complexity index is 918. The lowest BCUT2D eigenvalue weighted by Gasteiger charge is -2.15. The van der Waals surface area contributed by atoms with E-state index in [0.29, 0.717) is 34.7 Å². The maximum Gasteiger partial charge on any atom is 0.264 e. The molecule has 7 heteroatoms. The third-order valence-corrected chi connectivity index (χ3v) is 5.00. The first kappa shape index (κ1) is 22.2. The number of likely N-dealkylation sites (N-methyl/N-ethyl adjacent to an activating group) is 1. The first-order chi connectivity index (χ1) is 13.3. The van der Waals surface area contributed by atoms with Crippen LogP contribution >= 0.6 is 38.5 Å². The number of benzene rings is 2. The summed E-state index contributed by atoms with van der Waals surface area (Å²) in [7, 11) is 3.22. The molecule has 1 amide bonds. The van der Waals surface area contributed by atoms with Gasteiger partial charge in [-0.2, -0.15) is 5.26 Å². The molecule has 5 nitrogen and oxygen atoms in total. The van der Waals surface area contributed by atoms with E-state index >= 15 is 0 Å². The van der Waals surface area contributed by atoms with Gasteiger partial charge in [-0.25, -0.2) is 0 Å². The van der Waals surface area contributed by atoms with E-state index in [1.165, 1.54) is 4.90 Å². The van der Waals surface area contributed by atoms with Crippen LogP contribution in [0.4, 0.5) is 0 Å². The molecule has 0 saturated heterocycles. The lowest BCUT2D eigenvalue weighted by Crippen LogP contribution is -2.22. The van der Waals surface area contributed by atoms with Crippen molar-refractivity contribution in [2.75, 3.05) is 20.7 Å². The molecule has 2 aromatic rings. The van der Waals surface area contributed by atoms with E-state index in [-0.39, 0.29) is 11.5 Å². The first-order valence-electron chi connectivity index (χ1n) is 8.52. The number of rotatable bonds is 7. The Balaban J connectivity index is 2.34. The highest BCUT2D eigenvalue weighted by Gasteiger charge is 2.15. The molecule has 0 fully saturated rings. The molecule has 0 heterocycles. The highest BCUT2D eigenvalue weighted by atomic mass is 127. The molecule has 0 aromatic heterocycles. The van der Waals surface area contributed by atoms with Crippen LogP contribution in [0.25, 0.3) is 6.08 Å². The van der Waals surface area contributed by atoms with Crippen molar-refractivity contribution in [3.8, 4) is 17.6 Å². The van der Waals surface area contributed by atoms with E-state index in [0.717, 1.165) is 9.13 Å². The van der Waals surface area contributed by atoms with Crippen molar-refractivity contribution in [3.05, 3.63) is 61.1 Å². The number of nitrogens with zero attached hydrogens (tertiary/aromatic N) is 2. The van der Waals surface area contributed by atoms with Gasteiger partial charge in [0.25, 0.3) is 5.91 Å². The van der Waals surface area contributed by atoms with Gasteiger partial charge in [0, 0.05) is 17.7 Å². The molecule has 0 bridgehead atoms. The third-order valence-electron chi connectivity index (χ3n) is 3.70. The molecule has 0 aliphatic rings. The van der Waals surface area contributed by atoms with E-state index in [1.54, 1.807) is 32.3 Å². The van der Waals surface area contributed by atoms with Crippen molar-refractivity contribution in [1.29, 1.82) is 5.26 Å². The SMILES string of the molecule is CCOc1cc(/C=C(/C#N)C(=O)N(C)C)cc(Br)c1OCc1ccc(I)cc1. The minimum absolute atomic E-state index is 0.0481. The van der Waals surface area contributed by atoms with Gasteiger partial charge in [0.05, 0.1) is 11.1 Å². The van der Waals surface area contributed by atoms with Crippen molar-refractivity contribution < 1.29 is 14.3 Å². The van der Waals surface area contributed by atoms with Gasteiger partial charge in [0.15, 0.2) is 11.5 Å². The topological polar surface area (TPSA) is 62.6 Å². The molecule has 28 heavy (non-hydrogen) atoms. The van der Waals surface area contributed by atoms with Gasteiger partial charge < -0.3 is 14.4 Å². The number of hydrogen-bond donors (Lipinski definition) is 0. The van der Waals surface area contributed by atoms with Gasteiger partial charge in [0.1, 0.15) is 18.2 Å². The smallest absolute Gasteiger partial charge is 0.264 e. The quantitative estimate of drug-likeness (QED) is 0.274. The minimum atomic E-state index is -0.351. The molecule has 0 N–H and O–H groups in total. The van der Waals surface area contributed by atoms with Crippen LogP contribution in [0.15, 0.2) is 46.4 Å². The molecule has 2 rings (SSSR count). The molecule has 0 atom stereocenters. The molecule has 0 aliphatic heterocycles. The second kappa shape index (κ2) is 10.5. The van der Waals surface area contributed by atoms with Crippen molar-refractivity contribution in [2.24, 2.45) is 0 Å². The Morgan fingerprint density at radius 3 is 2.50 bits per heavy atom. The summed E-state index contributed by atoms with van der Waals surface area (Å²) < 4.78 is 13.6. The molecular weight excluding hydrogens is 535 g/mol. The Morgan fingerprint density at radius 1 is 1.25 bits per heavy atom. The first-order valence-corrected chi connectivity index (χ1v) is 10.4. The van der Waals surface area contributed by atoms with E-state index in [2.05, 4.69) is 38.5 Å². The number of nitriles is 1. The summed E-state index contributed by atoms with van der Waals surface area (Å²) in [5.41, 5.74) is 1.76. The van der Waals surface area contributed by atoms with Crippen LogP contribution < -0.4 is 9.47 Å². The van der Waals surface area contributed by atoms with Gasteiger partial charge in [0.2, 0.25) is 0 Å². The number of amides is 1. The lowest BCUT2D eigenvalue weighted by atomic mass is 10.1. The summed E-state index contributed by atoms with van der Waals surface area (Å²) in [4.78, 5) is 13.5. The van der Waals surface area contributed by atoms with E-state index < -0.39 is 0 Å². The highest BCUT2D eigenvalue weighted by Crippen LogP contribution is 2.38. The standard InChI is InChI=1S/C21H20BrIN2O3/c1-4-27-19-11-15(9-16(12-24)21(26)25(2)3)10-18(22)20(19)28-13-14-5-7-17(23)8-6-14/h5-11H,4,13H2,1-3H3/b16-9-. The number of carbonyl (C=O) groups is 1. The zero-order chi connectivity index (χ0) is 20.7. The Hall–Kier alpha value is -2.05. The zero-order valence-electron chi connectivity index (χ0n) is 15.8. The van der Waals surface area contributed by atoms with E-state index in [4.69, 9.17) is 9.47 Å². The minimum Gasteiger partial charge on any atom is -0.490 e. The van der Waals surface area contributed by atoms with Crippen LogP contribution in [0.2, 0.25) is 0 Å². The average molecular weight is 555 g/mol. The molecule has 146 valence electrons. The van der Waals surface area contributed by atoms with Crippen molar-refractivity contribution in [2.45, 2.75) is 13.5 Å². The van der Waals surface area contributed by atoms with Crippen LogP contribution in [-0.2, 0) is 11.4 Å². The summed E-state index contributed by atoms with van der Waals surface area (Å²) in [6.45, 7) is 2.74. The maximum atomic E-state index is 12.1. The van der Waals surface area contributed by atoms with Gasteiger partial charge in [-0.1, -0.05) is 12.1 Å². The zero-order valence-corrected chi connectivity index (χ0v) is 19.6. The molecule has 0 saturated carbocycles. The monoisotopic (exact) mass is 554 g/mol. The molecule has 2 aromatic carbocycles.